The summed E-state index contributed by atoms with van der Waals surface area (Å²) in [4.78, 5) is 15.7. The van der Waals surface area contributed by atoms with E-state index in [1.165, 1.54) is 12.0 Å². The molecule has 2 aliphatic heterocycles. The number of aliphatic imine (C=N–C) groups is 1. The standard InChI is InChI=1S/C14H18N2OS.C3H8.CH3NO/c17-13-6-7-16-12(8-13)10-18-14(16)15-9-11-4-2-1-3-5-11;1-3-2;2-1-3/h1-5,12-13,17H,6-10H2;3H2,1-2H3;1H,(H2,2,3). The molecule has 3 rings (SSSR count). The van der Waals surface area contributed by atoms with Crippen LogP contribution in [-0.2, 0) is 11.3 Å². The number of piperidine rings is 1. The van der Waals surface area contributed by atoms with Crippen LogP contribution in [0.4, 0.5) is 0 Å². The first kappa shape index (κ1) is 20.5. The lowest BCUT2D eigenvalue weighted by molar-refractivity contribution is -0.106. The Morgan fingerprint density at radius 2 is 2.00 bits per heavy atom. The predicted octanol–water partition coefficient (Wildman–Crippen LogP) is 2.63. The minimum Gasteiger partial charge on any atom is -0.393 e. The van der Waals surface area contributed by atoms with Crippen molar-refractivity contribution in [2.45, 2.75) is 51.8 Å². The highest BCUT2D eigenvalue weighted by Gasteiger charge is 2.34. The number of nitrogens with zero attached hydrogens (tertiary/aromatic N) is 2. The van der Waals surface area contributed by atoms with Crippen LogP contribution in [0.5, 0.6) is 0 Å². The van der Waals surface area contributed by atoms with Crippen molar-refractivity contribution in [3.05, 3.63) is 35.9 Å². The molecule has 2 heterocycles. The maximum atomic E-state index is 9.67. The molecule has 0 saturated carbocycles. The fourth-order valence-corrected chi connectivity index (χ4v) is 3.79. The molecule has 2 aliphatic rings. The zero-order valence-corrected chi connectivity index (χ0v) is 15.4. The number of aliphatic hydroxyl groups excluding tert-OH is 1. The van der Waals surface area contributed by atoms with Crippen molar-refractivity contribution in [2.24, 2.45) is 10.7 Å². The molecule has 1 amide bonds. The zero-order valence-electron chi connectivity index (χ0n) is 14.6. The summed E-state index contributed by atoms with van der Waals surface area (Å²) in [5, 5.41) is 10.8. The number of nitrogens with two attached hydrogens (primary N) is 1. The summed E-state index contributed by atoms with van der Waals surface area (Å²) in [7, 11) is 0. The Hall–Kier alpha value is -1.53. The molecule has 134 valence electrons. The molecule has 6 heteroatoms. The Morgan fingerprint density at radius 1 is 1.38 bits per heavy atom. The Morgan fingerprint density at radius 3 is 2.62 bits per heavy atom. The number of carbonyl (C=O) groups is 1. The van der Waals surface area contributed by atoms with Gasteiger partial charge in [0.2, 0.25) is 6.41 Å². The van der Waals surface area contributed by atoms with E-state index in [4.69, 9.17) is 9.79 Å². The van der Waals surface area contributed by atoms with Crippen LogP contribution >= 0.6 is 11.8 Å². The number of fused-ring (bicyclic) bond motifs is 1. The number of amidine groups is 1. The van der Waals surface area contributed by atoms with Gasteiger partial charge < -0.3 is 15.7 Å². The van der Waals surface area contributed by atoms with E-state index in [1.807, 2.05) is 17.8 Å². The molecule has 0 aromatic heterocycles. The van der Waals surface area contributed by atoms with Crippen molar-refractivity contribution < 1.29 is 9.90 Å². The van der Waals surface area contributed by atoms with E-state index >= 15 is 0 Å². The molecule has 2 saturated heterocycles. The van der Waals surface area contributed by atoms with Gasteiger partial charge in [0.05, 0.1) is 12.6 Å². The van der Waals surface area contributed by atoms with Crippen LogP contribution in [-0.4, -0.2) is 46.0 Å². The number of carbonyl (C=O) groups excluding carboxylic acids is 1. The van der Waals surface area contributed by atoms with E-state index in [2.05, 4.69) is 48.7 Å². The third kappa shape index (κ3) is 6.93. The fraction of sp³-hybridized carbons (Fsp3) is 0.556. The van der Waals surface area contributed by atoms with Crippen molar-refractivity contribution in [3.8, 4) is 0 Å². The lowest BCUT2D eigenvalue weighted by Crippen LogP contribution is -2.43. The molecule has 3 N–H and O–H groups in total. The molecule has 5 nitrogen and oxygen atoms in total. The van der Waals surface area contributed by atoms with Gasteiger partial charge >= 0.3 is 0 Å². The van der Waals surface area contributed by atoms with Crippen molar-refractivity contribution in [1.29, 1.82) is 0 Å². The molecule has 0 aliphatic carbocycles. The molecule has 1 aromatic rings. The van der Waals surface area contributed by atoms with Crippen molar-refractivity contribution >= 4 is 23.3 Å². The van der Waals surface area contributed by atoms with Crippen LogP contribution in [0, 0.1) is 0 Å². The van der Waals surface area contributed by atoms with Gasteiger partial charge in [-0.2, -0.15) is 0 Å². The highest BCUT2D eigenvalue weighted by molar-refractivity contribution is 8.14. The Kier molecular flexibility index (Phi) is 10.2. The fourth-order valence-electron chi connectivity index (χ4n) is 2.57. The lowest BCUT2D eigenvalue weighted by Gasteiger charge is -2.33. The average molecular weight is 352 g/mol. The number of hydrogen-bond acceptors (Lipinski definition) is 4. The molecule has 0 radical (unpaired) electrons. The number of primary amides is 1. The SMILES string of the molecule is CCC.NC=O.OC1CCN2C(=NCc3ccccc3)SCC2C1. The van der Waals surface area contributed by atoms with Gasteiger partial charge in [0.1, 0.15) is 0 Å². The number of aliphatic hydroxyl groups is 1. The van der Waals surface area contributed by atoms with E-state index in [0.29, 0.717) is 6.04 Å². The smallest absolute Gasteiger partial charge is 0.204 e. The van der Waals surface area contributed by atoms with Crippen molar-refractivity contribution in [1.82, 2.24) is 4.90 Å². The quantitative estimate of drug-likeness (QED) is 0.803. The van der Waals surface area contributed by atoms with E-state index in [0.717, 1.165) is 36.9 Å². The predicted molar refractivity (Wildman–Crippen MR) is 102 cm³/mol. The largest absolute Gasteiger partial charge is 0.393 e. The topological polar surface area (TPSA) is 78.9 Å². The Balaban J connectivity index is 0.000000423. The summed E-state index contributed by atoms with van der Waals surface area (Å²) in [6.07, 6.45) is 3.17. The highest BCUT2D eigenvalue weighted by atomic mass is 32.2. The van der Waals surface area contributed by atoms with Gasteiger partial charge in [-0.3, -0.25) is 9.79 Å². The summed E-state index contributed by atoms with van der Waals surface area (Å²) in [6, 6.07) is 10.9. The van der Waals surface area contributed by atoms with Crippen LogP contribution < -0.4 is 5.73 Å². The van der Waals surface area contributed by atoms with Gasteiger partial charge in [-0.1, -0.05) is 62.4 Å². The minimum absolute atomic E-state index is 0.111. The van der Waals surface area contributed by atoms with E-state index in [9.17, 15) is 5.11 Å². The second-order valence-electron chi connectivity index (χ2n) is 5.76. The van der Waals surface area contributed by atoms with Crippen molar-refractivity contribution in [3.63, 3.8) is 0 Å². The number of benzene rings is 1. The number of hydrogen-bond donors (Lipinski definition) is 2. The molecule has 2 unspecified atom stereocenters. The Bertz CT molecular complexity index is 496. The second kappa shape index (κ2) is 11.9. The summed E-state index contributed by atoms with van der Waals surface area (Å²) in [5.74, 6) is 1.07. The van der Waals surface area contributed by atoms with Crippen LogP contribution in [0.1, 0.15) is 38.7 Å². The first-order chi connectivity index (χ1) is 11.7. The molecule has 1 aromatic carbocycles. The summed E-state index contributed by atoms with van der Waals surface area (Å²) in [5.41, 5.74) is 5.42. The lowest BCUT2D eigenvalue weighted by atomic mass is 10.0. The van der Waals surface area contributed by atoms with Gasteiger partial charge in [-0.15, -0.1) is 0 Å². The number of rotatable bonds is 2. The highest BCUT2D eigenvalue weighted by Crippen LogP contribution is 2.31. The number of amides is 1. The number of thioether (sulfide) groups is 1. The van der Waals surface area contributed by atoms with Gasteiger partial charge in [-0.25, -0.2) is 0 Å². The first-order valence-electron chi connectivity index (χ1n) is 8.47. The van der Waals surface area contributed by atoms with Gasteiger partial charge in [-0.05, 0) is 18.4 Å². The third-order valence-electron chi connectivity index (χ3n) is 3.58. The molecule has 0 bridgehead atoms. The Labute approximate surface area is 149 Å². The molecular weight excluding hydrogens is 322 g/mol. The molecule has 0 spiro atoms. The van der Waals surface area contributed by atoms with Gasteiger partial charge in [0.15, 0.2) is 5.17 Å². The first-order valence-corrected chi connectivity index (χ1v) is 9.45. The summed E-state index contributed by atoms with van der Waals surface area (Å²) < 4.78 is 0. The molecule has 24 heavy (non-hydrogen) atoms. The monoisotopic (exact) mass is 351 g/mol. The third-order valence-corrected chi connectivity index (χ3v) is 4.75. The van der Waals surface area contributed by atoms with Crippen LogP contribution in [0.2, 0.25) is 0 Å². The van der Waals surface area contributed by atoms with Crippen LogP contribution in [0.3, 0.4) is 0 Å². The molecular formula is C18H29N3O2S. The van der Waals surface area contributed by atoms with E-state index in [-0.39, 0.29) is 12.5 Å². The van der Waals surface area contributed by atoms with Crippen molar-refractivity contribution in [2.75, 3.05) is 12.3 Å². The van der Waals surface area contributed by atoms with Crippen LogP contribution in [0.15, 0.2) is 35.3 Å². The van der Waals surface area contributed by atoms with E-state index in [1.54, 1.807) is 0 Å². The maximum absolute atomic E-state index is 9.67. The zero-order chi connectivity index (χ0) is 17.8. The molecule has 2 atom stereocenters. The minimum atomic E-state index is -0.111. The molecule has 2 fully saturated rings. The summed E-state index contributed by atoms with van der Waals surface area (Å²) >= 11 is 1.83. The normalized spacial score (nSPS) is 23.5. The second-order valence-corrected chi connectivity index (χ2v) is 6.75. The summed E-state index contributed by atoms with van der Waals surface area (Å²) in [6.45, 7) is 5.96. The maximum Gasteiger partial charge on any atom is 0.204 e. The average Bonchev–Trinajstić information content (AvgIpc) is 2.97. The van der Waals surface area contributed by atoms with E-state index < -0.39 is 0 Å². The van der Waals surface area contributed by atoms with Crippen LogP contribution in [0.25, 0.3) is 0 Å². The van der Waals surface area contributed by atoms with Gasteiger partial charge in [0, 0.05) is 18.3 Å². The van der Waals surface area contributed by atoms with Gasteiger partial charge in [0.25, 0.3) is 0 Å².